The molecule has 0 saturated carbocycles. The molecule has 1 heterocycles. The summed E-state index contributed by atoms with van der Waals surface area (Å²) in [5.41, 5.74) is 2.82. The minimum absolute atomic E-state index is 0.0298. The van der Waals surface area contributed by atoms with Crippen LogP contribution in [0.1, 0.15) is 25.0 Å². The zero-order valence-electron chi connectivity index (χ0n) is 14.8. The Morgan fingerprint density at radius 2 is 2.08 bits per heavy atom. The molecule has 1 N–H and O–H groups in total. The van der Waals surface area contributed by atoms with E-state index >= 15 is 0 Å². The van der Waals surface area contributed by atoms with Crippen molar-refractivity contribution >= 4 is 46.8 Å². The summed E-state index contributed by atoms with van der Waals surface area (Å²) in [7, 11) is 1.59. The van der Waals surface area contributed by atoms with Crippen LogP contribution in [-0.4, -0.2) is 19.3 Å². The van der Waals surface area contributed by atoms with Gasteiger partial charge in [-0.25, -0.2) is 14.4 Å². The van der Waals surface area contributed by atoms with E-state index in [-0.39, 0.29) is 10.7 Å². The highest BCUT2D eigenvalue weighted by atomic mass is 35.5. The molecule has 0 atom stereocenters. The Balaban J connectivity index is 0.00000117. The Bertz CT molecular complexity index is 838. The molecule has 0 bridgehead atoms. The topological polar surface area (TPSA) is 46.0 Å². The van der Waals surface area contributed by atoms with Gasteiger partial charge in [0.05, 0.1) is 24.4 Å². The van der Waals surface area contributed by atoms with E-state index in [2.05, 4.69) is 15.3 Å². The molecule has 3 rings (SSSR count). The molecule has 0 amide bonds. The summed E-state index contributed by atoms with van der Waals surface area (Å²) in [6.07, 6.45) is 1.95. The maximum absolute atomic E-state index is 14.0. The number of hydrogen-bond donors (Lipinski definition) is 1. The predicted octanol–water partition coefficient (Wildman–Crippen LogP) is 5.98. The second-order valence-corrected chi connectivity index (χ2v) is 5.81. The Labute approximate surface area is 162 Å². The van der Waals surface area contributed by atoms with Gasteiger partial charge < -0.3 is 10.1 Å². The first-order valence-electron chi connectivity index (χ1n) is 8.18. The smallest absolute Gasteiger partial charge is 0.167 e. The lowest BCUT2D eigenvalue weighted by atomic mass is 10.0. The Hall–Kier alpha value is -2.11. The molecule has 1 aliphatic heterocycles. The molecule has 7 heteroatoms. The van der Waals surface area contributed by atoms with E-state index in [4.69, 9.17) is 27.9 Å². The third-order valence-corrected chi connectivity index (χ3v) is 4.19. The number of anilines is 1. The van der Waals surface area contributed by atoms with Crippen LogP contribution in [0.15, 0.2) is 40.3 Å². The molecule has 0 spiro atoms. The van der Waals surface area contributed by atoms with Crippen molar-refractivity contribution in [2.45, 2.75) is 26.1 Å². The number of rotatable bonds is 3. The van der Waals surface area contributed by atoms with Gasteiger partial charge in [0.2, 0.25) is 0 Å². The first-order chi connectivity index (χ1) is 12.6. The summed E-state index contributed by atoms with van der Waals surface area (Å²) < 4.78 is 19.4. The fourth-order valence-electron chi connectivity index (χ4n) is 2.43. The molecule has 26 heavy (non-hydrogen) atoms. The van der Waals surface area contributed by atoms with E-state index in [1.165, 1.54) is 12.4 Å². The van der Waals surface area contributed by atoms with Gasteiger partial charge in [0.25, 0.3) is 0 Å². The largest absolute Gasteiger partial charge is 0.496 e. The molecular formula is C19H20Cl2FN3O. The van der Waals surface area contributed by atoms with Gasteiger partial charge in [-0.2, -0.15) is 0 Å². The van der Waals surface area contributed by atoms with Gasteiger partial charge in [0.15, 0.2) is 5.82 Å². The van der Waals surface area contributed by atoms with Gasteiger partial charge in [-0.05, 0) is 23.8 Å². The minimum Gasteiger partial charge on any atom is -0.496 e. The number of aliphatic imine (C=N–C) groups is 2. The number of amidine groups is 1. The van der Waals surface area contributed by atoms with Crippen molar-refractivity contribution in [3.8, 4) is 5.75 Å². The number of alkyl halides is 1. The highest BCUT2D eigenvalue weighted by Gasteiger charge is 2.15. The number of ether oxygens (including phenoxy) is 1. The van der Waals surface area contributed by atoms with Gasteiger partial charge in [-0.3, -0.25) is 0 Å². The summed E-state index contributed by atoms with van der Waals surface area (Å²) in [6, 6.07) is 8.48. The Kier molecular flexibility index (Phi) is 7.42. The minimum atomic E-state index is -0.560. The van der Waals surface area contributed by atoms with Crippen molar-refractivity contribution in [1.29, 1.82) is 0 Å². The second kappa shape index (κ2) is 9.55. The lowest BCUT2D eigenvalue weighted by Gasteiger charge is -2.12. The molecule has 0 aliphatic carbocycles. The molecular weight excluding hydrogens is 376 g/mol. The standard InChI is InChI=1S/C17H14Cl2FN3O.C2H6/c1-24-15-7-14-10(5-11(15)8-18)6-16(22-9-21-14)23-13-4-2-3-12(19)17(13)20;1-2/h2-5,7,9H,6,8H2,1H3,(H,21,22,23);1-2H3. The van der Waals surface area contributed by atoms with E-state index < -0.39 is 5.82 Å². The first kappa shape index (κ1) is 20.2. The van der Waals surface area contributed by atoms with Crippen LogP contribution < -0.4 is 10.1 Å². The van der Waals surface area contributed by atoms with Gasteiger partial charge in [-0.15, -0.1) is 11.6 Å². The van der Waals surface area contributed by atoms with Crippen molar-refractivity contribution < 1.29 is 9.13 Å². The molecule has 1 aliphatic rings. The summed E-state index contributed by atoms with van der Waals surface area (Å²) in [5, 5.41) is 3.11. The molecule has 2 aromatic rings. The fraction of sp³-hybridized carbons (Fsp3) is 0.263. The van der Waals surface area contributed by atoms with E-state index in [9.17, 15) is 4.39 Å². The average Bonchev–Trinajstić information content (AvgIpc) is 2.87. The number of benzene rings is 2. The summed E-state index contributed by atoms with van der Waals surface area (Å²) in [6.45, 7) is 4.00. The molecule has 138 valence electrons. The third-order valence-electron chi connectivity index (χ3n) is 3.61. The summed E-state index contributed by atoms with van der Waals surface area (Å²) in [5.74, 6) is 0.932. The van der Waals surface area contributed by atoms with Crippen LogP contribution >= 0.6 is 23.2 Å². The van der Waals surface area contributed by atoms with Gasteiger partial charge in [0, 0.05) is 23.7 Å². The molecule has 0 aromatic heterocycles. The second-order valence-electron chi connectivity index (χ2n) is 5.14. The lowest BCUT2D eigenvalue weighted by Crippen LogP contribution is -2.01. The van der Waals surface area contributed by atoms with Crippen LogP contribution in [0.2, 0.25) is 5.02 Å². The number of nitrogens with zero attached hydrogens (tertiary/aromatic N) is 2. The quantitative estimate of drug-likeness (QED) is 0.649. The number of fused-ring (bicyclic) bond motifs is 1. The zero-order valence-corrected chi connectivity index (χ0v) is 16.3. The molecule has 0 unspecified atom stereocenters. The van der Waals surface area contributed by atoms with E-state index in [0.717, 1.165) is 16.8 Å². The van der Waals surface area contributed by atoms with E-state index in [1.807, 2.05) is 26.0 Å². The first-order valence-corrected chi connectivity index (χ1v) is 9.10. The third kappa shape index (κ3) is 4.54. The van der Waals surface area contributed by atoms with E-state index in [1.54, 1.807) is 19.2 Å². The van der Waals surface area contributed by atoms with Crippen molar-refractivity contribution in [3.05, 3.63) is 52.3 Å². The lowest BCUT2D eigenvalue weighted by molar-refractivity contribution is 0.411. The van der Waals surface area contributed by atoms with Gasteiger partial charge >= 0.3 is 0 Å². The van der Waals surface area contributed by atoms with Crippen LogP contribution in [0, 0.1) is 5.82 Å². The number of nitrogens with one attached hydrogen (secondary N) is 1. The van der Waals surface area contributed by atoms with Crippen LogP contribution in [0.25, 0.3) is 0 Å². The zero-order chi connectivity index (χ0) is 19.1. The molecule has 0 saturated heterocycles. The SMILES string of the molecule is CC.COc1cc2c(cc1CCl)CC(=Nc1cccc(Cl)c1F)N=CN2. The van der Waals surface area contributed by atoms with Crippen molar-refractivity contribution in [3.63, 3.8) is 0 Å². The van der Waals surface area contributed by atoms with Crippen molar-refractivity contribution in [2.75, 3.05) is 12.4 Å². The fourth-order valence-corrected chi connectivity index (χ4v) is 2.81. The Morgan fingerprint density at radius 1 is 1.31 bits per heavy atom. The number of hydrogen-bond acceptors (Lipinski definition) is 3. The predicted molar refractivity (Wildman–Crippen MR) is 108 cm³/mol. The molecule has 2 aromatic carbocycles. The Morgan fingerprint density at radius 3 is 2.77 bits per heavy atom. The molecule has 0 fully saturated rings. The van der Waals surface area contributed by atoms with E-state index in [0.29, 0.717) is 23.9 Å². The summed E-state index contributed by atoms with van der Waals surface area (Å²) in [4.78, 5) is 8.54. The maximum Gasteiger partial charge on any atom is 0.167 e. The highest BCUT2D eigenvalue weighted by molar-refractivity contribution is 6.31. The van der Waals surface area contributed by atoms with Crippen LogP contribution in [0.5, 0.6) is 5.75 Å². The molecule has 0 radical (unpaired) electrons. The van der Waals surface area contributed by atoms with Crippen LogP contribution in [0.3, 0.4) is 0 Å². The van der Waals surface area contributed by atoms with Crippen molar-refractivity contribution in [2.24, 2.45) is 9.98 Å². The molecule has 4 nitrogen and oxygen atoms in total. The number of halogens is 3. The number of methoxy groups -OCH3 is 1. The normalized spacial score (nSPS) is 14.0. The van der Waals surface area contributed by atoms with Gasteiger partial charge in [-0.1, -0.05) is 31.5 Å². The maximum atomic E-state index is 14.0. The van der Waals surface area contributed by atoms with Gasteiger partial charge in [0.1, 0.15) is 17.3 Å². The monoisotopic (exact) mass is 395 g/mol. The van der Waals surface area contributed by atoms with Crippen LogP contribution in [0.4, 0.5) is 15.8 Å². The highest BCUT2D eigenvalue weighted by Crippen LogP contribution is 2.31. The van der Waals surface area contributed by atoms with Crippen molar-refractivity contribution in [1.82, 2.24) is 0 Å². The average molecular weight is 396 g/mol. The summed E-state index contributed by atoms with van der Waals surface area (Å²) >= 11 is 11.8. The van der Waals surface area contributed by atoms with Crippen LogP contribution in [-0.2, 0) is 12.3 Å².